The van der Waals surface area contributed by atoms with Gasteiger partial charge in [-0.05, 0) is 57.4 Å². The van der Waals surface area contributed by atoms with Crippen LogP contribution in [0.15, 0.2) is 12.1 Å². The molecular weight excluding hydrogens is 343 g/mol. The predicted molar refractivity (Wildman–Crippen MR) is 97.8 cm³/mol. The third kappa shape index (κ3) is 5.88. The second kappa shape index (κ2) is 7.53. The van der Waals surface area contributed by atoms with Crippen LogP contribution in [-0.4, -0.2) is 18.2 Å². The molecule has 0 aliphatic heterocycles. The number of benzene rings is 1. The molecule has 5 heteroatoms. The summed E-state index contributed by atoms with van der Waals surface area (Å²) in [7, 11) is 0. The highest BCUT2D eigenvalue weighted by molar-refractivity contribution is 6.31. The average molecular weight is 371 g/mol. The van der Waals surface area contributed by atoms with Crippen LogP contribution in [0.3, 0.4) is 0 Å². The molecule has 0 amide bonds. The van der Waals surface area contributed by atoms with Crippen molar-refractivity contribution in [3.8, 4) is 5.75 Å². The van der Waals surface area contributed by atoms with Crippen molar-refractivity contribution in [3.63, 3.8) is 0 Å². The van der Waals surface area contributed by atoms with Crippen LogP contribution < -0.4 is 4.74 Å². The van der Waals surface area contributed by atoms with E-state index in [2.05, 4.69) is 13.8 Å². The first-order valence-corrected chi connectivity index (χ1v) is 9.20. The Hall–Kier alpha value is -1.29. The molecule has 1 unspecified atom stereocenters. The number of halogens is 2. The number of carbonyl (C=O) groups excluding carboxylic acids is 1. The molecule has 1 saturated carbocycles. The fourth-order valence-corrected chi connectivity index (χ4v) is 3.56. The Morgan fingerprint density at radius 3 is 2.64 bits per heavy atom. The van der Waals surface area contributed by atoms with Gasteiger partial charge in [0, 0.05) is 11.1 Å². The highest BCUT2D eigenvalue weighted by Gasteiger charge is 2.29. The van der Waals surface area contributed by atoms with E-state index in [0.29, 0.717) is 17.9 Å². The molecule has 0 N–H and O–H groups in total. The van der Waals surface area contributed by atoms with E-state index in [1.54, 1.807) is 20.8 Å². The Kier molecular flexibility index (Phi) is 6.03. The van der Waals surface area contributed by atoms with E-state index < -0.39 is 17.4 Å². The molecule has 1 atom stereocenters. The summed E-state index contributed by atoms with van der Waals surface area (Å²) in [4.78, 5) is 12.2. The molecule has 1 aromatic rings. The number of esters is 1. The highest BCUT2D eigenvalue weighted by atomic mass is 35.5. The standard InChI is InChI=1S/C20H28ClFO3/c1-19(2,3)25-18(23)15-9-14(21)10-16(17(15)22)24-12-13-7-6-8-20(4,5)11-13/h9-10,13H,6-8,11-12H2,1-5H3. The van der Waals surface area contributed by atoms with Crippen LogP contribution in [0.4, 0.5) is 4.39 Å². The maximum Gasteiger partial charge on any atom is 0.341 e. The fourth-order valence-electron chi connectivity index (χ4n) is 3.36. The molecule has 0 aromatic heterocycles. The van der Waals surface area contributed by atoms with Gasteiger partial charge in [-0.25, -0.2) is 9.18 Å². The topological polar surface area (TPSA) is 35.5 Å². The van der Waals surface area contributed by atoms with Crippen molar-refractivity contribution >= 4 is 17.6 Å². The first-order chi connectivity index (χ1) is 11.5. The smallest absolute Gasteiger partial charge is 0.341 e. The van der Waals surface area contributed by atoms with Gasteiger partial charge in [-0.1, -0.05) is 31.9 Å². The Balaban J connectivity index is 2.12. The SMILES string of the molecule is CC1(C)CCCC(COc2cc(Cl)cc(C(=O)OC(C)(C)C)c2F)C1. The summed E-state index contributed by atoms with van der Waals surface area (Å²) < 4.78 is 25.6. The summed E-state index contributed by atoms with van der Waals surface area (Å²) in [6.07, 6.45) is 4.48. The van der Waals surface area contributed by atoms with Crippen molar-refractivity contribution in [1.29, 1.82) is 0 Å². The fraction of sp³-hybridized carbons (Fsp3) is 0.650. The summed E-state index contributed by atoms with van der Waals surface area (Å²) in [5, 5.41) is 0.251. The normalized spacial score (nSPS) is 20.2. The largest absolute Gasteiger partial charge is 0.490 e. The minimum atomic E-state index is -0.740. The zero-order valence-corrected chi connectivity index (χ0v) is 16.5. The maximum atomic E-state index is 14.7. The molecule has 1 fully saturated rings. The van der Waals surface area contributed by atoms with Gasteiger partial charge in [0.1, 0.15) is 11.2 Å². The quantitative estimate of drug-likeness (QED) is 0.607. The summed E-state index contributed by atoms with van der Waals surface area (Å²) in [6.45, 7) is 10.1. The second-order valence-corrected chi connectivity index (χ2v) is 9.14. The molecule has 0 bridgehead atoms. The highest BCUT2D eigenvalue weighted by Crippen LogP contribution is 2.39. The van der Waals surface area contributed by atoms with Crippen LogP contribution in [0, 0.1) is 17.2 Å². The van der Waals surface area contributed by atoms with Crippen LogP contribution in [0.25, 0.3) is 0 Å². The van der Waals surface area contributed by atoms with Crippen LogP contribution in [0.1, 0.15) is 70.7 Å². The number of carbonyl (C=O) groups is 1. The van der Waals surface area contributed by atoms with Gasteiger partial charge in [0.2, 0.25) is 0 Å². The Morgan fingerprint density at radius 1 is 1.36 bits per heavy atom. The van der Waals surface area contributed by atoms with Gasteiger partial charge in [0.05, 0.1) is 6.61 Å². The lowest BCUT2D eigenvalue weighted by atomic mass is 9.72. The molecule has 1 aliphatic carbocycles. The minimum Gasteiger partial charge on any atom is -0.490 e. The molecule has 0 spiro atoms. The van der Waals surface area contributed by atoms with Gasteiger partial charge >= 0.3 is 5.97 Å². The van der Waals surface area contributed by atoms with Crippen molar-refractivity contribution in [3.05, 3.63) is 28.5 Å². The summed E-state index contributed by atoms with van der Waals surface area (Å²) in [5.74, 6) is -1.06. The van der Waals surface area contributed by atoms with E-state index in [4.69, 9.17) is 21.1 Å². The molecule has 3 nitrogen and oxygen atoms in total. The number of hydrogen-bond donors (Lipinski definition) is 0. The summed E-state index contributed by atoms with van der Waals surface area (Å²) in [6, 6.07) is 2.69. The lowest BCUT2D eigenvalue weighted by molar-refractivity contribution is 0.00637. The van der Waals surface area contributed by atoms with Gasteiger partial charge in [0.15, 0.2) is 11.6 Å². The molecule has 1 aliphatic rings. The van der Waals surface area contributed by atoms with Crippen molar-refractivity contribution < 1.29 is 18.7 Å². The molecular formula is C20H28ClFO3. The Bertz CT molecular complexity index is 635. The van der Waals surface area contributed by atoms with Gasteiger partial charge in [-0.2, -0.15) is 0 Å². The van der Waals surface area contributed by atoms with Gasteiger partial charge in [-0.3, -0.25) is 0 Å². The van der Waals surface area contributed by atoms with Crippen LogP contribution in [-0.2, 0) is 4.74 Å². The molecule has 0 heterocycles. The monoisotopic (exact) mass is 370 g/mol. The summed E-state index contributed by atoms with van der Waals surface area (Å²) >= 11 is 6.05. The zero-order chi connectivity index (χ0) is 18.8. The molecule has 25 heavy (non-hydrogen) atoms. The van der Waals surface area contributed by atoms with E-state index in [1.807, 2.05) is 0 Å². The van der Waals surface area contributed by atoms with Crippen LogP contribution in [0.5, 0.6) is 5.75 Å². The number of rotatable bonds is 4. The predicted octanol–water partition coefficient (Wildman–Crippen LogP) is 6.03. The molecule has 1 aromatic carbocycles. The molecule has 0 saturated heterocycles. The van der Waals surface area contributed by atoms with Crippen molar-refractivity contribution in [2.45, 2.75) is 65.9 Å². The Labute approximate surface area is 154 Å². The number of ether oxygens (including phenoxy) is 2. The van der Waals surface area contributed by atoms with Crippen molar-refractivity contribution in [2.75, 3.05) is 6.61 Å². The maximum absolute atomic E-state index is 14.7. The van der Waals surface area contributed by atoms with E-state index >= 15 is 0 Å². The average Bonchev–Trinajstić information content (AvgIpc) is 2.45. The molecule has 140 valence electrons. The van der Waals surface area contributed by atoms with E-state index in [1.165, 1.54) is 18.6 Å². The van der Waals surface area contributed by atoms with Gasteiger partial charge in [-0.15, -0.1) is 0 Å². The van der Waals surface area contributed by atoms with Gasteiger partial charge in [0.25, 0.3) is 0 Å². The first kappa shape index (κ1) is 20.0. The van der Waals surface area contributed by atoms with E-state index in [9.17, 15) is 9.18 Å². The zero-order valence-electron chi connectivity index (χ0n) is 15.7. The minimum absolute atomic E-state index is 0.0109. The summed E-state index contributed by atoms with van der Waals surface area (Å²) in [5.41, 5.74) is -0.608. The van der Waals surface area contributed by atoms with E-state index in [-0.39, 0.29) is 16.3 Å². The molecule has 0 radical (unpaired) electrons. The van der Waals surface area contributed by atoms with Gasteiger partial charge < -0.3 is 9.47 Å². The molecule has 2 rings (SSSR count). The van der Waals surface area contributed by atoms with E-state index in [0.717, 1.165) is 19.3 Å². The third-order valence-electron chi connectivity index (χ3n) is 4.40. The third-order valence-corrected chi connectivity index (χ3v) is 4.62. The number of hydrogen-bond acceptors (Lipinski definition) is 3. The second-order valence-electron chi connectivity index (χ2n) is 8.70. The van der Waals surface area contributed by atoms with Crippen molar-refractivity contribution in [2.24, 2.45) is 11.3 Å². The van der Waals surface area contributed by atoms with Crippen LogP contribution in [0.2, 0.25) is 5.02 Å². The Morgan fingerprint density at radius 2 is 2.04 bits per heavy atom. The first-order valence-electron chi connectivity index (χ1n) is 8.82. The van der Waals surface area contributed by atoms with Crippen LogP contribution >= 0.6 is 11.6 Å². The van der Waals surface area contributed by atoms with Crippen molar-refractivity contribution in [1.82, 2.24) is 0 Å². The lowest BCUT2D eigenvalue weighted by Crippen LogP contribution is -2.27. The lowest BCUT2D eigenvalue weighted by Gasteiger charge is -2.35.